The number of fused-ring (bicyclic) bond motifs is 1. The molecule has 4 rings (SSSR count). The number of hydrogen-bond acceptors (Lipinski definition) is 4. The molecule has 2 aliphatic heterocycles. The van der Waals surface area contributed by atoms with Crippen LogP contribution in [0, 0.1) is 24.6 Å². The fourth-order valence-electron chi connectivity index (χ4n) is 4.44. The molecule has 136 valence electrons. The maximum Gasteiger partial charge on any atom is 0.219 e. The third-order valence-electron chi connectivity index (χ3n) is 5.55. The Morgan fingerprint density at radius 3 is 2.77 bits per heavy atom. The van der Waals surface area contributed by atoms with Crippen molar-refractivity contribution in [3.05, 3.63) is 59.4 Å². The van der Waals surface area contributed by atoms with Crippen LogP contribution >= 0.6 is 0 Å². The smallest absolute Gasteiger partial charge is 0.219 e. The number of amides is 1. The quantitative estimate of drug-likeness (QED) is 0.850. The SMILES string of the molecule is CC(=O)N1C[C@H]2CN(Cc3cnc(C)cn3)C[C@H]2[C@H]1c1cccc(F)c1. The Balaban J connectivity index is 1.54. The molecule has 1 aromatic carbocycles. The van der Waals surface area contributed by atoms with Gasteiger partial charge in [-0.05, 0) is 30.5 Å². The van der Waals surface area contributed by atoms with Gasteiger partial charge in [-0.25, -0.2) is 4.39 Å². The Bertz CT molecular complexity index is 810. The predicted octanol–water partition coefficient (Wildman–Crippen LogP) is 2.58. The Morgan fingerprint density at radius 2 is 2.08 bits per heavy atom. The summed E-state index contributed by atoms with van der Waals surface area (Å²) in [7, 11) is 0. The maximum absolute atomic E-state index is 13.8. The number of nitrogens with zero attached hydrogens (tertiary/aromatic N) is 4. The molecule has 26 heavy (non-hydrogen) atoms. The zero-order valence-corrected chi connectivity index (χ0v) is 15.1. The molecule has 0 radical (unpaired) electrons. The summed E-state index contributed by atoms with van der Waals surface area (Å²) in [5, 5.41) is 0. The molecule has 1 aromatic heterocycles. The van der Waals surface area contributed by atoms with Crippen molar-refractivity contribution >= 4 is 5.91 Å². The van der Waals surface area contributed by atoms with Gasteiger partial charge < -0.3 is 4.90 Å². The number of rotatable bonds is 3. The van der Waals surface area contributed by atoms with Crippen molar-refractivity contribution in [2.24, 2.45) is 11.8 Å². The molecule has 5 nitrogen and oxygen atoms in total. The summed E-state index contributed by atoms with van der Waals surface area (Å²) < 4.78 is 13.8. The van der Waals surface area contributed by atoms with E-state index in [4.69, 9.17) is 0 Å². The molecule has 0 saturated carbocycles. The van der Waals surface area contributed by atoms with Crippen molar-refractivity contribution in [3.63, 3.8) is 0 Å². The second-order valence-corrected chi connectivity index (χ2v) is 7.44. The Morgan fingerprint density at radius 1 is 1.23 bits per heavy atom. The number of carbonyl (C=O) groups excluding carboxylic acids is 1. The fraction of sp³-hybridized carbons (Fsp3) is 0.450. The molecular formula is C20H23FN4O. The van der Waals surface area contributed by atoms with Gasteiger partial charge in [0.05, 0.1) is 17.4 Å². The summed E-state index contributed by atoms with van der Waals surface area (Å²) in [6.07, 6.45) is 3.62. The molecule has 2 aliphatic rings. The zero-order valence-electron chi connectivity index (χ0n) is 15.1. The van der Waals surface area contributed by atoms with Crippen LogP contribution in [0.25, 0.3) is 0 Å². The first-order valence-corrected chi connectivity index (χ1v) is 9.04. The van der Waals surface area contributed by atoms with Crippen molar-refractivity contribution in [3.8, 4) is 0 Å². The predicted molar refractivity (Wildman–Crippen MR) is 95.6 cm³/mol. The van der Waals surface area contributed by atoms with Crippen LogP contribution in [-0.4, -0.2) is 45.3 Å². The van der Waals surface area contributed by atoms with E-state index in [9.17, 15) is 9.18 Å². The van der Waals surface area contributed by atoms with E-state index in [1.165, 1.54) is 6.07 Å². The van der Waals surface area contributed by atoms with Crippen molar-refractivity contribution in [1.82, 2.24) is 19.8 Å². The molecule has 0 N–H and O–H groups in total. The van der Waals surface area contributed by atoms with Crippen LogP contribution in [0.15, 0.2) is 36.7 Å². The molecule has 0 unspecified atom stereocenters. The lowest BCUT2D eigenvalue weighted by Gasteiger charge is -2.29. The summed E-state index contributed by atoms with van der Waals surface area (Å²) in [5.74, 6) is 0.536. The highest BCUT2D eigenvalue weighted by Crippen LogP contribution is 2.45. The third kappa shape index (κ3) is 3.21. The minimum Gasteiger partial charge on any atom is -0.335 e. The van der Waals surface area contributed by atoms with Crippen LogP contribution in [0.4, 0.5) is 4.39 Å². The summed E-state index contributed by atoms with van der Waals surface area (Å²) in [6.45, 7) is 6.83. The van der Waals surface area contributed by atoms with E-state index < -0.39 is 0 Å². The first kappa shape index (κ1) is 17.1. The molecule has 1 amide bonds. The minimum atomic E-state index is -0.251. The van der Waals surface area contributed by atoms with E-state index in [2.05, 4.69) is 14.9 Å². The lowest BCUT2D eigenvalue weighted by Crippen LogP contribution is -2.34. The second kappa shape index (κ2) is 6.76. The van der Waals surface area contributed by atoms with Crippen molar-refractivity contribution in [1.29, 1.82) is 0 Å². The number of hydrogen-bond donors (Lipinski definition) is 0. The molecule has 2 saturated heterocycles. The average molecular weight is 354 g/mol. The van der Waals surface area contributed by atoms with E-state index in [0.29, 0.717) is 11.8 Å². The zero-order chi connectivity index (χ0) is 18.3. The Labute approximate surface area is 152 Å². The highest BCUT2D eigenvalue weighted by molar-refractivity contribution is 5.74. The second-order valence-electron chi connectivity index (χ2n) is 7.44. The average Bonchev–Trinajstić information content (AvgIpc) is 3.14. The van der Waals surface area contributed by atoms with Crippen molar-refractivity contribution < 1.29 is 9.18 Å². The van der Waals surface area contributed by atoms with Crippen LogP contribution in [0.2, 0.25) is 0 Å². The van der Waals surface area contributed by atoms with Gasteiger partial charge >= 0.3 is 0 Å². The van der Waals surface area contributed by atoms with E-state index in [0.717, 1.165) is 43.1 Å². The Hall–Kier alpha value is -2.34. The summed E-state index contributed by atoms with van der Waals surface area (Å²) >= 11 is 0. The summed E-state index contributed by atoms with van der Waals surface area (Å²) in [6, 6.07) is 6.62. The van der Waals surface area contributed by atoms with E-state index in [1.807, 2.05) is 24.1 Å². The third-order valence-corrected chi connectivity index (χ3v) is 5.55. The number of halogens is 1. The first-order valence-electron chi connectivity index (χ1n) is 9.04. The number of aromatic nitrogens is 2. The molecular weight excluding hydrogens is 331 g/mol. The van der Waals surface area contributed by atoms with E-state index in [1.54, 1.807) is 25.3 Å². The van der Waals surface area contributed by atoms with Gasteiger partial charge in [0, 0.05) is 51.4 Å². The molecule has 2 fully saturated rings. The normalized spacial score (nSPS) is 25.5. The van der Waals surface area contributed by atoms with Gasteiger partial charge in [0.1, 0.15) is 5.82 Å². The number of aryl methyl sites for hydroxylation is 1. The van der Waals surface area contributed by atoms with Crippen molar-refractivity contribution in [2.45, 2.75) is 26.4 Å². The van der Waals surface area contributed by atoms with Crippen LogP contribution in [0.5, 0.6) is 0 Å². The van der Waals surface area contributed by atoms with Crippen LogP contribution in [0.3, 0.4) is 0 Å². The highest BCUT2D eigenvalue weighted by atomic mass is 19.1. The molecule has 0 bridgehead atoms. The van der Waals surface area contributed by atoms with Gasteiger partial charge in [-0.1, -0.05) is 12.1 Å². The molecule has 0 aliphatic carbocycles. The standard InChI is InChI=1S/C20H23FN4O/c1-13-7-23-18(8-22-13)11-24-9-16-10-25(14(2)26)20(19(16)12-24)15-4-3-5-17(21)6-15/h3-8,16,19-20H,9-12H2,1-2H3/t16-,19-,20-/m1/s1. The first-order chi connectivity index (χ1) is 12.5. The minimum absolute atomic E-state index is 0.0534. The van der Waals surface area contributed by atoms with Gasteiger partial charge in [-0.2, -0.15) is 0 Å². The van der Waals surface area contributed by atoms with Gasteiger partial charge in [-0.3, -0.25) is 19.7 Å². The van der Waals surface area contributed by atoms with E-state index >= 15 is 0 Å². The lowest BCUT2D eigenvalue weighted by atomic mass is 9.89. The van der Waals surface area contributed by atoms with Gasteiger partial charge in [-0.15, -0.1) is 0 Å². The molecule has 3 heterocycles. The maximum atomic E-state index is 13.8. The van der Waals surface area contributed by atoms with Crippen molar-refractivity contribution in [2.75, 3.05) is 19.6 Å². The lowest BCUT2D eigenvalue weighted by molar-refractivity contribution is -0.130. The van der Waals surface area contributed by atoms with E-state index in [-0.39, 0.29) is 17.8 Å². The van der Waals surface area contributed by atoms with Gasteiger partial charge in [0.2, 0.25) is 5.91 Å². The fourth-order valence-corrected chi connectivity index (χ4v) is 4.44. The van der Waals surface area contributed by atoms with Gasteiger partial charge in [0.25, 0.3) is 0 Å². The monoisotopic (exact) mass is 354 g/mol. The number of carbonyl (C=O) groups is 1. The highest BCUT2D eigenvalue weighted by Gasteiger charge is 2.48. The molecule has 3 atom stereocenters. The van der Waals surface area contributed by atoms with Crippen LogP contribution in [-0.2, 0) is 11.3 Å². The van der Waals surface area contributed by atoms with Gasteiger partial charge in [0.15, 0.2) is 0 Å². The number of benzene rings is 1. The van der Waals surface area contributed by atoms with Crippen LogP contribution in [0.1, 0.15) is 29.9 Å². The number of likely N-dealkylation sites (tertiary alicyclic amines) is 2. The molecule has 6 heteroatoms. The Kier molecular flexibility index (Phi) is 4.44. The summed E-state index contributed by atoms with van der Waals surface area (Å²) in [4.78, 5) is 25.2. The molecule has 0 spiro atoms. The topological polar surface area (TPSA) is 49.3 Å². The molecule has 2 aromatic rings. The van der Waals surface area contributed by atoms with Crippen LogP contribution < -0.4 is 0 Å². The summed E-state index contributed by atoms with van der Waals surface area (Å²) in [5.41, 5.74) is 2.77. The largest absolute Gasteiger partial charge is 0.335 e.